The van der Waals surface area contributed by atoms with E-state index in [9.17, 15) is 18.0 Å². The van der Waals surface area contributed by atoms with E-state index in [0.717, 1.165) is 61.7 Å². The molecule has 1 saturated heterocycles. The molecule has 0 bridgehead atoms. The molecule has 6 nitrogen and oxygen atoms in total. The first-order chi connectivity index (χ1) is 15.3. The number of halogens is 3. The van der Waals surface area contributed by atoms with Gasteiger partial charge in [-0.15, -0.1) is 0 Å². The van der Waals surface area contributed by atoms with Crippen LogP contribution in [0, 0.1) is 6.92 Å². The number of alkyl halides is 3. The van der Waals surface area contributed by atoms with Crippen LogP contribution in [0.3, 0.4) is 0 Å². The van der Waals surface area contributed by atoms with Crippen LogP contribution in [0.15, 0.2) is 54.6 Å². The number of benzene rings is 2. The predicted molar refractivity (Wildman–Crippen MR) is 117 cm³/mol. The smallest absolute Gasteiger partial charge is 0.356 e. The summed E-state index contributed by atoms with van der Waals surface area (Å²) in [6, 6.07) is 13.0. The monoisotopic (exact) mass is 441 g/mol. The van der Waals surface area contributed by atoms with Gasteiger partial charge in [0.25, 0.3) is 5.91 Å². The SMILES string of the molecule is Cc1nc(Nc2ccc(NC(=O)c3ccc(C(F)(F)F)cc3)cc2)cc(N2CCCC2)n1. The van der Waals surface area contributed by atoms with Crippen molar-refractivity contribution >= 4 is 28.9 Å². The molecule has 0 aliphatic carbocycles. The number of carbonyl (C=O) groups is 1. The first kappa shape index (κ1) is 21.6. The quantitative estimate of drug-likeness (QED) is 0.555. The van der Waals surface area contributed by atoms with E-state index in [1.165, 1.54) is 0 Å². The molecule has 0 saturated carbocycles. The van der Waals surface area contributed by atoms with Crippen molar-refractivity contribution in [2.75, 3.05) is 28.6 Å². The van der Waals surface area contributed by atoms with Gasteiger partial charge in [-0.05, 0) is 68.3 Å². The van der Waals surface area contributed by atoms with Gasteiger partial charge in [0, 0.05) is 36.1 Å². The average Bonchev–Trinajstić information content (AvgIpc) is 3.29. The van der Waals surface area contributed by atoms with Crippen molar-refractivity contribution in [1.82, 2.24) is 9.97 Å². The minimum atomic E-state index is -4.44. The van der Waals surface area contributed by atoms with Crippen molar-refractivity contribution in [2.24, 2.45) is 0 Å². The standard InChI is InChI=1S/C23H22F3N5O/c1-15-27-20(14-21(28-15)31-12-2-3-13-31)29-18-8-10-19(11-9-18)30-22(32)16-4-6-17(7-5-16)23(24,25)26/h4-11,14H,2-3,12-13H2,1H3,(H,30,32)(H,27,28,29). The van der Waals surface area contributed by atoms with Crippen LogP contribution in [-0.2, 0) is 6.18 Å². The summed E-state index contributed by atoms with van der Waals surface area (Å²) in [5.41, 5.74) is 0.656. The molecule has 1 aliphatic rings. The van der Waals surface area contributed by atoms with Crippen molar-refractivity contribution in [2.45, 2.75) is 25.9 Å². The molecule has 1 aliphatic heterocycles. The number of aryl methyl sites for hydroxylation is 1. The molecule has 2 N–H and O–H groups in total. The largest absolute Gasteiger partial charge is 0.416 e. The Kier molecular flexibility index (Phi) is 5.98. The van der Waals surface area contributed by atoms with Crippen LogP contribution in [0.1, 0.15) is 34.6 Å². The van der Waals surface area contributed by atoms with Crippen molar-refractivity contribution in [3.63, 3.8) is 0 Å². The lowest BCUT2D eigenvalue weighted by molar-refractivity contribution is -0.137. The lowest BCUT2D eigenvalue weighted by atomic mass is 10.1. The molecule has 1 amide bonds. The third-order valence-corrected chi connectivity index (χ3v) is 5.14. The summed E-state index contributed by atoms with van der Waals surface area (Å²) < 4.78 is 38.0. The zero-order valence-corrected chi connectivity index (χ0v) is 17.4. The van der Waals surface area contributed by atoms with E-state index in [-0.39, 0.29) is 5.56 Å². The Morgan fingerprint density at radius 2 is 1.56 bits per heavy atom. The highest BCUT2D eigenvalue weighted by Crippen LogP contribution is 2.29. The molecule has 1 fully saturated rings. The zero-order valence-electron chi connectivity index (χ0n) is 17.4. The summed E-state index contributed by atoms with van der Waals surface area (Å²) in [6.07, 6.45) is -2.12. The molecule has 3 aromatic rings. The first-order valence-corrected chi connectivity index (χ1v) is 10.2. The fraction of sp³-hybridized carbons (Fsp3) is 0.261. The average molecular weight is 441 g/mol. The number of nitrogens with zero attached hydrogens (tertiary/aromatic N) is 3. The summed E-state index contributed by atoms with van der Waals surface area (Å²) in [5, 5.41) is 5.93. The Hall–Kier alpha value is -3.62. The third kappa shape index (κ3) is 5.16. The topological polar surface area (TPSA) is 70.2 Å². The fourth-order valence-corrected chi connectivity index (χ4v) is 3.52. The number of nitrogens with one attached hydrogen (secondary N) is 2. The van der Waals surface area contributed by atoms with E-state index in [0.29, 0.717) is 17.3 Å². The number of aromatic nitrogens is 2. The van der Waals surface area contributed by atoms with Gasteiger partial charge < -0.3 is 15.5 Å². The number of amides is 1. The lowest BCUT2D eigenvalue weighted by Gasteiger charge is -2.18. The van der Waals surface area contributed by atoms with Crippen LogP contribution in [0.5, 0.6) is 0 Å². The van der Waals surface area contributed by atoms with Crippen LogP contribution >= 0.6 is 0 Å². The highest BCUT2D eigenvalue weighted by Gasteiger charge is 2.30. The number of hydrogen-bond donors (Lipinski definition) is 2. The van der Waals surface area contributed by atoms with E-state index in [4.69, 9.17) is 0 Å². The Balaban J connectivity index is 1.41. The lowest BCUT2D eigenvalue weighted by Crippen LogP contribution is -2.19. The molecule has 4 rings (SSSR count). The molecule has 166 valence electrons. The summed E-state index contributed by atoms with van der Waals surface area (Å²) in [5.74, 6) is 1.78. The van der Waals surface area contributed by atoms with E-state index in [1.54, 1.807) is 24.3 Å². The highest BCUT2D eigenvalue weighted by molar-refractivity contribution is 6.04. The summed E-state index contributed by atoms with van der Waals surface area (Å²) in [7, 11) is 0. The van der Waals surface area contributed by atoms with Crippen LogP contribution in [0.25, 0.3) is 0 Å². The van der Waals surface area contributed by atoms with Gasteiger partial charge in [-0.2, -0.15) is 13.2 Å². The summed E-state index contributed by atoms with van der Waals surface area (Å²) in [4.78, 5) is 23.5. The second-order valence-electron chi connectivity index (χ2n) is 7.58. The van der Waals surface area contributed by atoms with E-state index >= 15 is 0 Å². The van der Waals surface area contributed by atoms with Gasteiger partial charge in [0.15, 0.2) is 0 Å². The minimum absolute atomic E-state index is 0.145. The highest BCUT2D eigenvalue weighted by atomic mass is 19.4. The van der Waals surface area contributed by atoms with Crippen LogP contribution in [0.4, 0.5) is 36.2 Å². The van der Waals surface area contributed by atoms with Crippen LogP contribution in [0.2, 0.25) is 0 Å². The first-order valence-electron chi connectivity index (χ1n) is 10.2. The van der Waals surface area contributed by atoms with E-state index in [1.807, 2.05) is 13.0 Å². The number of carbonyl (C=O) groups excluding carboxylic acids is 1. The molecule has 2 aromatic carbocycles. The van der Waals surface area contributed by atoms with Crippen LogP contribution in [-0.4, -0.2) is 29.0 Å². The van der Waals surface area contributed by atoms with Crippen molar-refractivity contribution in [3.8, 4) is 0 Å². The van der Waals surface area contributed by atoms with Gasteiger partial charge in [-0.1, -0.05) is 0 Å². The van der Waals surface area contributed by atoms with Gasteiger partial charge in [-0.3, -0.25) is 4.79 Å². The van der Waals surface area contributed by atoms with Crippen molar-refractivity contribution in [3.05, 3.63) is 71.5 Å². The molecule has 0 unspecified atom stereocenters. The van der Waals surface area contributed by atoms with Crippen LogP contribution < -0.4 is 15.5 Å². The molecule has 9 heteroatoms. The molecule has 2 heterocycles. The molecule has 0 atom stereocenters. The second kappa shape index (κ2) is 8.86. The van der Waals surface area contributed by atoms with Crippen molar-refractivity contribution < 1.29 is 18.0 Å². The maximum absolute atomic E-state index is 12.7. The predicted octanol–water partition coefficient (Wildman–Crippen LogP) is 5.40. The Bertz CT molecular complexity index is 1090. The molecular formula is C23H22F3N5O. The molecule has 32 heavy (non-hydrogen) atoms. The number of anilines is 4. The zero-order chi connectivity index (χ0) is 22.7. The van der Waals surface area contributed by atoms with Gasteiger partial charge in [0.2, 0.25) is 0 Å². The second-order valence-corrected chi connectivity index (χ2v) is 7.58. The van der Waals surface area contributed by atoms with E-state index < -0.39 is 17.6 Å². The van der Waals surface area contributed by atoms with Gasteiger partial charge in [0.1, 0.15) is 17.5 Å². The Morgan fingerprint density at radius 3 is 2.19 bits per heavy atom. The van der Waals surface area contributed by atoms with Gasteiger partial charge in [0.05, 0.1) is 5.56 Å². The van der Waals surface area contributed by atoms with Gasteiger partial charge in [-0.25, -0.2) is 9.97 Å². The van der Waals surface area contributed by atoms with E-state index in [2.05, 4.69) is 25.5 Å². The Morgan fingerprint density at radius 1 is 0.938 bits per heavy atom. The van der Waals surface area contributed by atoms with Gasteiger partial charge >= 0.3 is 6.18 Å². The summed E-state index contributed by atoms with van der Waals surface area (Å²) in [6.45, 7) is 3.83. The molecule has 0 spiro atoms. The normalized spacial score (nSPS) is 13.8. The third-order valence-electron chi connectivity index (χ3n) is 5.14. The maximum atomic E-state index is 12.7. The number of rotatable bonds is 5. The van der Waals surface area contributed by atoms with Crippen molar-refractivity contribution in [1.29, 1.82) is 0 Å². The Labute approximate surface area is 183 Å². The molecule has 1 aromatic heterocycles. The maximum Gasteiger partial charge on any atom is 0.416 e. The fourth-order valence-electron chi connectivity index (χ4n) is 3.52. The molecule has 0 radical (unpaired) electrons. The summed E-state index contributed by atoms with van der Waals surface area (Å²) >= 11 is 0. The minimum Gasteiger partial charge on any atom is -0.356 e. The molecular weight excluding hydrogens is 419 g/mol. The number of hydrogen-bond acceptors (Lipinski definition) is 5.